The van der Waals surface area contributed by atoms with Crippen LogP contribution in [0.1, 0.15) is 5.56 Å². The second kappa shape index (κ2) is 5.88. The quantitative estimate of drug-likeness (QED) is 0.718. The van der Waals surface area contributed by atoms with E-state index in [1.165, 1.54) is 5.56 Å². The molecular formula is C13H12W. The van der Waals surface area contributed by atoms with E-state index < -0.39 is 0 Å². The molecule has 1 heteroatoms. The summed E-state index contributed by atoms with van der Waals surface area (Å²) in [7, 11) is 0. The molecule has 0 radical (unpaired) electrons. The third-order valence-corrected chi connectivity index (χ3v) is 2.17. The number of allylic oxidation sites excluding steroid dienone is 4. The van der Waals surface area contributed by atoms with Crippen molar-refractivity contribution in [1.82, 2.24) is 0 Å². The van der Waals surface area contributed by atoms with E-state index >= 15 is 0 Å². The molecule has 0 N–H and O–H groups in total. The summed E-state index contributed by atoms with van der Waals surface area (Å²) in [6.45, 7) is 0. The number of rotatable bonds is 2. The van der Waals surface area contributed by atoms with E-state index in [2.05, 4.69) is 48.9 Å². The van der Waals surface area contributed by atoms with E-state index in [-0.39, 0.29) is 21.1 Å². The fourth-order valence-electron chi connectivity index (χ4n) is 1.49. The van der Waals surface area contributed by atoms with Gasteiger partial charge in [0.2, 0.25) is 0 Å². The Balaban J connectivity index is 0.000000980. The minimum absolute atomic E-state index is 0. The van der Waals surface area contributed by atoms with Gasteiger partial charge in [0.25, 0.3) is 0 Å². The summed E-state index contributed by atoms with van der Waals surface area (Å²) in [5, 5.41) is 0. The third kappa shape index (κ3) is 3.19. The molecule has 0 aliphatic heterocycles. The molecule has 1 aliphatic carbocycles. The normalized spacial score (nSPS) is 18.4. The molecule has 0 spiro atoms. The minimum Gasteiger partial charge on any atom is -0.228 e. The maximum Gasteiger partial charge on any atom is 2.00 e. The average Bonchev–Trinajstić information content (AvgIpc) is 2.21. The number of hydrogen-bond acceptors (Lipinski definition) is 0. The van der Waals surface area contributed by atoms with E-state index in [0.717, 1.165) is 6.42 Å². The van der Waals surface area contributed by atoms with Crippen LogP contribution in [-0.4, -0.2) is 0 Å². The van der Waals surface area contributed by atoms with Crippen molar-refractivity contribution in [2.75, 3.05) is 0 Å². The van der Waals surface area contributed by atoms with Gasteiger partial charge in [-0.2, -0.15) is 35.9 Å². The van der Waals surface area contributed by atoms with Crippen LogP contribution < -0.4 is 0 Å². The Hall–Kier alpha value is -0.742. The topological polar surface area (TPSA) is 0 Å². The molecule has 0 bridgehead atoms. The van der Waals surface area contributed by atoms with Crippen molar-refractivity contribution in [3.63, 3.8) is 0 Å². The molecule has 1 atom stereocenters. The largest absolute Gasteiger partial charge is 2.00 e. The maximum atomic E-state index is 3.24. The molecular weight excluding hydrogens is 340 g/mol. The molecule has 1 aliphatic rings. The number of benzene rings is 1. The van der Waals surface area contributed by atoms with Crippen LogP contribution in [0.25, 0.3) is 0 Å². The van der Waals surface area contributed by atoms with Crippen molar-refractivity contribution in [3.05, 3.63) is 66.6 Å². The van der Waals surface area contributed by atoms with Gasteiger partial charge in [0, 0.05) is 0 Å². The fraction of sp³-hybridized carbons (Fsp3) is 0.154. The summed E-state index contributed by atoms with van der Waals surface area (Å²) in [5.41, 5.74) is 1.28. The summed E-state index contributed by atoms with van der Waals surface area (Å²) in [6, 6.07) is 11.4. The van der Waals surface area contributed by atoms with Gasteiger partial charge >= 0.3 is 21.1 Å². The van der Waals surface area contributed by atoms with Crippen molar-refractivity contribution in [2.24, 2.45) is 5.92 Å². The summed E-state index contributed by atoms with van der Waals surface area (Å²) < 4.78 is 0. The zero-order valence-electron chi connectivity index (χ0n) is 7.89. The number of hydrogen-bond donors (Lipinski definition) is 0. The van der Waals surface area contributed by atoms with Crippen LogP contribution in [0.3, 0.4) is 0 Å². The maximum absolute atomic E-state index is 3.24. The van der Waals surface area contributed by atoms with Gasteiger partial charge in [0.05, 0.1) is 0 Å². The van der Waals surface area contributed by atoms with Crippen LogP contribution in [0, 0.1) is 18.4 Å². The zero-order valence-corrected chi connectivity index (χ0v) is 10.8. The van der Waals surface area contributed by atoms with Gasteiger partial charge in [0.1, 0.15) is 0 Å². The van der Waals surface area contributed by atoms with Crippen molar-refractivity contribution in [2.45, 2.75) is 6.42 Å². The van der Waals surface area contributed by atoms with Crippen LogP contribution in [-0.2, 0) is 27.5 Å². The Morgan fingerprint density at radius 3 is 2.86 bits per heavy atom. The summed E-state index contributed by atoms with van der Waals surface area (Å²) in [6.07, 6.45) is 11.8. The van der Waals surface area contributed by atoms with Crippen LogP contribution >= 0.6 is 0 Å². The van der Waals surface area contributed by atoms with Crippen molar-refractivity contribution >= 4 is 0 Å². The van der Waals surface area contributed by atoms with Crippen molar-refractivity contribution in [1.29, 1.82) is 0 Å². The van der Waals surface area contributed by atoms with Gasteiger partial charge in [-0.05, 0) is 0 Å². The van der Waals surface area contributed by atoms with E-state index in [1.807, 2.05) is 12.1 Å². The summed E-state index contributed by atoms with van der Waals surface area (Å²) in [5.74, 6) is 0.545. The monoisotopic (exact) mass is 352 g/mol. The van der Waals surface area contributed by atoms with Gasteiger partial charge in [-0.25, -0.2) is 18.6 Å². The molecule has 1 aromatic carbocycles. The molecule has 14 heavy (non-hydrogen) atoms. The van der Waals surface area contributed by atoms with Crippen LogP contribution in [0.2, 0.25) is 0 Å². The van der Waals surface area contributed by atoms with E-state index in [4.69, 9.17) is 0 Å². The Bertz CT molecular complexity index is 311. The third-order valence-electron chi connectivity index (χ3n) is 2.17. The van der Waals surface area contributed by atoms with E-state index in [0.29, 0.717) is 5.92 Å². The molecule has 0 aromatic heterocycles. The van der Waals surface area contributed by atoms with E-state index in [9.17, 15) is 0 Å². The molecule has 1 unspecified atom stereocenters. The first kappa shape index (κ1) is 11.3. The molecule has 0 saturated heterocycles. The Morgan fingerprint density at radius 2 is 2.21 bits per heavy atom. The first-order valence-corrected chi connectivity index (χ1v) is 4.59. The van der Waals surface area contributed by atoms with Crippen LogP contribution in [0.15, 0.2) is 48.6 Å². The molecule has 0 saturated carbocycles. The summed E-state index contributed by atoms with van der Waals surface area (Å²) >= 11 is 0. The second-order valence-electron chi connectivity index (χ2n) is 3.22. The predicted molar refractivity (Wildman–Crippen MR) is 55.1 cm³/mol. The predicted octanol–water partition coefficient (Wildman–Crippen LogP) is 2.97. The zero-order chi connectivity index (χ0) is 8.93. The Morgan fingerprint density at radius 1 is 1.29 bits per heavy atom. The SMILES string of the molecule is [W+2].[c-]1ccccc1CC1C=CC=C[CH-]1. The smallest absolute Gasteiger partial charge is 0.228 e. The van der Waals surface area contributed by atoms with E-state index in [1.54, 1.807) is 0 Å². The minimum atomic E-state index is 0. The molecule has 0 nitrogen and oxygen atoms in total. The van der Waals surface area contributed by atoms with Crippen LogP contribution in [0.5, 0.6) is 0 Å². The standard InChI is InChI=1S/C13H12.W/c1-3-7-12(8-4-1)11-13-9-5-2-6-10-13;/h1-9,12H,11H2;/q-2;+2. The fourth-order valence-corrected chi connectivity index (χ4v) is 1.49. The molecule has 0 heterocycles. The summed E-state index contributed by atoms with van der Waals surface area (Å²) in [4.78, 5) is 0. The second-order valence-corrected chi connectivity index (χ2v) is 3.22. The van der Waals surface area contributed by atoms with Gasteiger partial charge in [-0.3, -0.25) is 0 Å². The molecule has 0 fully saturated rings. The first-order valence-electron chi connectivity index (χ1n) is 4.59. The molecule has 0 amide bonds. The Kier molecular flexibility index (Phi) is 4.76. The first-order chi connectivity index (χ1) is 6.45. The average molecular weight is 352 g/mol. The van der Waals surface area contributed by atoms with Crippen LogP contribution in [0.4, 0.5) is 0 Å². The molecule has 70 valence electrons. The van der Waals surface area contributed by atoms with Gasteiger partial charge in [-0.15, -0.1) is 12.2 Å². The van der Waals surface area contributed by atoms with Crippen molar-refractivity contribution < 1.29 is 21.1 Å². The molecule has 1 aromatic rings. The van der Waals surface area contributed by atoms with Gasteiger partial charge < -0.3 is 0 Å². The van der Waals surface area contributed by atoms with Crippen molar-refractivity contribution in [3.8, 4) is 0 Å². The molecule has 2 rings (SSSR count). The van der Waals surface area contributed by atoms with Gasteiger partial charge in [-0.1, -0.05) is 12.3 Å². The Labute approximate surface area is 100.0 Å². The van der Waals surface area contributed by atoms with Gasteiger partial charge in [0.15, 0.2) is 0 Å².